The van der Waals surface area contributed by atoms with E-state index in [0.29, 0.717) is 38.5 Å². The van der Waals surface area contributed by atoms with Gasteiger partial charge in [0.1, 0.15) is 54.6 Å². The fourth-order valence-corrected chi connectivity index (χ4v) is 10.6. The molecule has 0 aromatic heterocycles. The largest absolute Gasteiger partial charge is 0.456 e. The molecule has 454 valence electrons. The fraction of sp³-hybridized carbons (Fsp3) is 0.929. The quantitative estimate of drug-likeness (QED) is 0.0254. The lowest BCUT2D eigenvalue weighted by Crippen LogP contribution is -2.67. The van der Waals surface area contributed by atoms with E-state index in [2.05, 4.69) is 6.92 Å². The zero-order chi connectivity index (χ0) is 57.5. The second kappa shape index (κ2) is 35.5. The van der Waals surface area contributed by atoms with Gasteiger partial charge in [0.15, 0.2) is 43.3 Å². The first-order valence-corrected chi connectivity index (χ1v) is 29.3. The highest BCUT2D eigenvalue weighted by Gasteiger charge is 2.58. The molecule has 0 aromatic rings. The number of ketones is 1. The van der Waals surface area contributed by atoms with Gasteiger partial charge in [0.2, 0.25) is 0 Å². The van der Waals surface area contributed by atoms with Crippen molar-refractivity contribution in [3.8, 4) is 0 Å². The molecule has 8 N–H and O–H groups in total. The molecule has 78 heavy (non-hydrogen) atoms. The van der Waals surface area contributed by atoms with E-state index in [1.165, 1.54) is 13.8 Å². The molecule has 3 heterocycles. The Kier molecular flexibility index (Phi) is 30.9. The lowest BCUT2D eigenvalue weighted by atomic mass is 9.80. The Bertz CT molecular complexity index is 1730. The number of hydrogen-bond donors (Lipinski definition) is 8. The van der Waals surface area contributed by atoms with Crippen LogP contribution in [0, 0.1) is 5.92 Å². The molecule has 1 unspecified atom stereocenters. The van der Waals surface area contributed by atoms with Crippen LogP contribution in [0.4, 0.5) is 0 Å². The van der Waals surface area contributed by atoms with Crippen LogP contribution in [0.3, 0.4) is 0 Å². The van der Waals surface area contributed by atoms with E-state index in [4.69, 9.17) is 47.4 Å². The summed E-state index contributed by atoms with van der Waals surface area (Å²) in [6.45, 7) is 10.7. The maximum atomic E-state index is 13.8. The minimum absolute atomic E-state index is 0.00282. The van der Waals surface area contributed by atoms with Crippen LogP contribution in [0.5, 0.6) is 0 Å². The number of carbonyl (C=O) groups excluding carboxylic acids is 4. The van der Waals surface area contributed by atoms with Gasteiger partial charge >= 0.3 is 17.9 Å². The predicted molar refractivity (Wildman–Crippen MR) is 279 cm³/mol. The van der Waals surface area contributed by atoms with Crippen molar-refractivity contribution in [2.75, 3.05) is 13.2 Å². The Labute approximate surface area is 461 Å². The van der Waals surface area contributed by atoms with Gasteiger partial charge in [-0.3, -0.25) is 14.4 Å². The molecule has 1 aliphatic carbocycles. The number of aliphatic hydroxyl groups excluding tert-OH is 8. The fourth-order valence-electron chi connectivity index (χ4n) is 10.6. The average Bonchev–Trinajstić information content (AvgIpc) is 3.42. The number of aliphatic hydroxyl groups is 8. The Hall–Kier alpha value is -2.52. The van der Waals surface area contributed by atoms with Crippen molar-refractivity contribution < 1.29 is 107 Å². The highest BCUT2D eigenvalue weighted by Crippen LogP contribution is 2.39. The Morgan fingerprint density at radius 1 is 0.487 bits per heavy atom. The van der Waals surface area contributed by atoms with Crippen LogP contribution in [0.15, 0.2) is 0 Å². The number of unbranched alkanes of at least 4 members (excludes halogenated alkanes) is 10. The third-order valence-electron chi connectivity index (χ3n) is 15.2. The molecule has 21 atom stereocenters. The topological polar surface area (TPSA) is 322 Å². The van der Waals surface area contributed by atoms with Crippen molar-refractivity contribution in [1.29, 1.82) is 0 Å². The van der Waals surface area contributed by atoms with Gasteiger partial charge in [0.05, 0.1) is 37.1 Å². The van der Waals surface area contributed by atoms with E-state index >= 15 is 0 Å². The lowest BCUT2D eigenvalue weighted by molar-refractivity contribution is -0.383. The molecular formula is C56H98O22. The van der Waals surface area contributed by atoms with Crippen LogP contribution in [-0.2, 0) is 66.5 Å². The second-order valence-electron chi connectivity index (χ2n) is 21.9. The van der Waals surface area contributed by atoms with Crippen LogP contribution in [0.25, 0.3) is 0 Å². The van der Waals surface area contributed by atoms with Crippen molar-refractivity contribution in [2.24, 2.45) is 5.92 Å². The van der Waals surface area contributed by atoms with Gasteiger partial charge in [-0.25, -0.2) is 0 Å². The van der Waals surface area contributed by atoms with E-state index in [1.54, 1.807) is 27.7 Å². The van der Waals surface area contributed by atoms with Crippen LogP contribution < -0.4 is 0 Å². The summed E-state index contributed by atoms with van der Waals surface area (Å²) < 4.78 is 62.6. The second-order valence-corrected chi connectivity index (χ2v) is 21.9. The summed E-state index contributed by atoms with van der Waals surface area (Å²) in [5.41, 5.74) is 0. The monoisotopic (exact) mass is 1120 g/mol. The molecule has 4 fully saturated rings. The standard InChI is InChI=1S/C56H98O22/c1-8-12-13-14-15-18-21-27-36(28-22-19-16-17-20-26-32(5)58)72-37-29-35(30-57)44(64)46(66)49(37)77-56-53(78-55-48(68)51(43(63)34(7)71-55)75-40(60)24-10-3)52(76-41(61)25-11-4)50(74-39(59)23-9-2)38(73-56)31-69-54-47(67)45(65)42(62)33(6)70-54/h33-38,42-57,62-68H,8-31H2,1-7H3/t33-,34+,35-,36?,37-,38-,42+,43+,44-,45+,46+,47+,48+,49+,50-,51-,52+,53-,54-,55+,56+/m1/s1. The maximum absolute atomic E-state index is 13.8. The summed E-state index contributed by atoms with van der Waals surface area (Å²) in [5.74, 6) is -2.99. The normalized spacial score (nSPS) is 35.7. The molecule has 3 saturated heterocycles. The number of hydrogen-bond acceptors (Lipinski definition) is 22. The van der Waals surface area contributed by atoms with Gasteiger partial charge in [-0.2, -0.15) is 0 Å². The molecular weight excluding hydrogens is 1020 g/mol. The summed E-state index contributed by atoms with van der Waals surface area (Å²) in [4.78, 5) is 51.8. The minimum atomic E-state index is -1.90. The number of carbonyl (C=O) groups is 4. The number of rotatable bonds is 35. The van der Waals surface area contributed by atoms with Crippen molar-refractivity contribution in [3.63, 3.8) is 0 Å². The van der Waals surface area contributed by atoms with E-state index in [1.807, 2.05) is 0 Å². The first kappa shape index (κ1) is 68.0. The van der Waals surface area contributed by atoms with Crippen molar-refractivity contribution >= 4 is 23.7 Å². The third kappa shape index (κ3) is 20.7. The zero-order valence-electron chi connectivity index (χ0n) is 47.4. The van der Waals surface area contributed by atoms with Crippen molar-refractivity contribution in [2.45, 2.75) is 312 Å². The van der Waals surface area contributed by atoms with Gasteiger partial charge < -0.3 is 93.0 Å². The molecule has 0 amide bonds. The summed E-state index contributed by atoms with van der Waals surface area (Å²) in [6.07, 6.45) is -15.9. The maximum Gasteiger partial charge on any atom is 0.306 e. The van der Waals surface area contributed by atoms with Crippen LogP contribution in [0.2, 0.25) is 0 Å². The molecule has 22 heteroatoms. The van der Waals surface area contributed by atoms with Gasteiger partial charge in [0.25, 0.3) is 0 Å². The molecule has 1 saturated carbocycles. The number of esters is 3. The highest BCUT2D eigenvalue weighted by atomic mass is 16.8. The van der Waals surface area contributed by atoms with Gasteiger partial charge in [0, 0.05) is 38.2 Å². The van der Waals surface area contributed by atoms with Crippen LogP contribution in [-0.4, -0.2) is 200 Å². The lowest BCUT2D eigenvalue weighted by Gasteiger charge is -2.50. The zero-order valence-corrected chi connectivity index (χ0v) is 47.4. The summed E-state index contributed by atoms with van der Waals surface area (Å²) in [5, 5.41) is 89.4. The predicted octanol–water partition coefficient (Wildman–Crippen LogP) is 3.88. The van der Waals surface area contributed by atoms with E-state index in [-0.39, 0.29) is 37.6 Å². The summed E-state index contributed by atoms with van der Waals surface area (Å²) in [6, 6.07) is 0. The molecule has 4 rings (SSSR count). The van der Waals surface area contributed by atoms with Crippen LogP contribution >= 0.6 is 0 Å². The molecule has 0 bridgehead atoms. The van der Waals surface area contributed by atoms with E-state index in [0.717, 1.165) is 77.0 Å². The molecule has 3 aliphatic heterocycles. The Balaban J connectivity index is 1.82. The SMILES string of the molecule is CCCCCCCCCC(CCCCCCCC(C)=O)O[C@@H]1C[C@H](CO)[C@@H](O)[C@H](O)[C@H]1O[C@@H]1O[C@H](CO[C@@H]2O[C@H](C)[C@H](O)[C@H](O)[C@@H]2O)[C@@H](OC(=O)CCC)[C@H](OC(=O)CCC)[C@H]1O[C@@H]1O[C@@H](C)[C@H](O)[C@@H](OC(=O)CCC)[C@@H]1O. The van der Waals surface area contributed by atoms with Gasteiger partial charge in [-0.1, -0.05) is 98.3 Å². The van der Waals surface area contributed by atoms with Crippen molar-refractivity contribution in [1.82, 2.24) is 0 Å². The van der Waals surface area contributed by atoms with Gasteiger partial charge in [-0.05, 0) is 65.7 Å². The Morgan fingerprint density at radius 3 is 1.56 bits per heavy atom. The number of ether oxygens (including phenoxy) is 10. The first-order chi connectivity index (χ1) is 37.3. The average molecular weight is 1120 g/mol. The molecule has 0 spiro atoms. The summed E-state index contributed by atoms with van der Waals surface area (Å²) in [7, 11) is 0. The van der Waals surface area contributed by atoms with Gasteiger partial charge in [-0.15, -0.1) is 0 Å². The van der Waals surface area contributed by atoms with E-state index < -0.39 is 154 Å². The number of Topliss-reactive ketones (excluding diaryl/α,β-unsaturated/α-hetero) is 1. The first-order valence-electron chi connectivity index (χ1n) is 29.3. The van der Waals surface area contributed by atoms with E-state index in [9.17, 15) is 60.0 Å². The minimum Gasteiger partial charge on any atom is -0.456 e. The molecule has 4 aliphatic rings. The smallest absolute Gasteiger partial charge is 0.306 e. The third-order valence-corrected chi connectivity index (χ3v) is 15.2. The van der Waals surface area contributed by atoms with Crippen molar-refractivity contribution in [3.05, 3.63) is 0 Å². The molecule has 0 aromatic carbocycles. The van der Waals surface area contributed by atoms with Crippen LogP contribution in [0.1, 0.15) is 190 Å². The highest BCUT2D eigenvalue weighted by molar-refractivity contribution is 5.75. The summed E-state index contributed by atoms with van der Waals surface area (Å²) >= 11 is 0. The molecule has 22 nitrogen and oxygen atoms in total. The Morgan fingerprint density at radius 2 is 1.00 bits per heavy atom. The molecule has 0 radical (unpaired) electrons.